The third kappa shape index (κ3) is 3.68. The van der Waals surface area contributed by atoms with Gasteiger partial charge in [0.1, 0.15) is 25.2 Å². The van der Waals surface area contributed by atoms with E-state index >= 15 is 0 Å². The predicted molar refractivity (Wildman–Crippen MR) is 47.1 cm³/mol. The van der Waals surface area contributed by atoms with Crippen LogP contribution in [0.4, 0.5) is 4.79 Å². The topological polar surface area (TPSA) is 59.6 Å². The first-order valence-corrected chi connectivity index (χ1v) is 4.28. The van der Waals surface area contributed by atoms with Gasteiger partial charge in [-0.05, 0) is 6.92 Å². The average molecular weight is 186 g/mol. The van der Waals surface area contributed by atoms with Crippen molar-refractivity contribution >= 4 is 6.03 Å². The summed E-state index contributed by atoms with van der Waals surface area (Å²) in [7, 11) is 0. The fraction of sp³-hybridized carbons (Fsp3) is 0.625. The van der Waals surface area contributed by atoms with Gasteiger partial charge in [0.05, 0.1) is 6.54 Å². The molecule has 0 unspecified atom stereocenters. The van der Waals surface area contributed by atoms with E-state index < -0.39 is 0 Å². The van der Waals surface area contributed by atoms with E-state index in [1.165, 1.54) is 6.26 Å². The van der Waals surface area contributed by atoms with Crippen LogP contribution in [0.15, 0.2) is 12.0 Å². The second-order valence-corrected chi connectivity index (χ2v) is 2.52. The van der Waals surface area contributed by atoms with Crippen LogP contribution in [0, 0.1) is 0 Å². The SMILES string of the molecule is CCNC(=O)NCC1=COCCO1. The number of urea groups is 1. The van der Waals surface area contributed by atoms with E-state index in [-0.39, 0.29) is 6.03 Å². The van der Waals surface area contributed by atoms with Crippen LogP contribution in [-0.4, -0.2) is 32.3 Å². The van der Waals surface area contributed by atoms with Crippen molar-refractivity contribution in [2.75, 3.05) is 26.3 Å². The molecule has 0 saturated carbocycles. The van der Waals surface area contributed by atoms with Gasteiger partial charge in [-0.25, -0.2) is 4.79 Å². The van der Waals surface area contributed by atoms with Crippen molar-refractivity contribution in [1.29, 1.82) is 0 Å². The smallest absolute Gasteiger partial charge is 0.315 e. The number of nitrogens with one attached hydrogen (secondary N) is 2. The summed E-state index contributed by atoms with van der Waals surface area (Å²) in [5.74, 6) is 0.650. The van der Waals surface area contributed by atoms with Gasteiger partial charge >= 0.3 is 6.03 Å². The van der Waals surface area contributed by atoms with Gasteiger partial charge in [0.2, 0.25) is 0 Å². The molecule has 0 atom stereocenters. The Morgan fingerprint density at radius 3 is 3.00 bits per heavy atom. The largest absolute Gasteiger partial charge is 0.494 e. The molecular weight excluding hydrogens is 172 g/mol. The van der Waals surface area contributed by atoms with Crippen molar-refractivity contribution in [3.63, 3.8) is 0 Å². The molecule has 0 radical (unpaired) electrons. The molecule has 0 bridgehead atoms. The highest BCUT2D eigenvalue weighted by Crippen LogP contribution is 2.01. The standard InChI is InChI=1S/C8H14N2O3/c1-2-9-8(11)10-5-7-6-12-3-4-13-7/h6H,2-5H2,1H3,(H2,9,10,11). The number of carbonyl (C=O) groups excluding carboxylic acids is 1. The minimum absolute atomic E-state index is 0.197. The Morgan fingerprint density at radius 1 is 1.54 bits per heavy atom. The molecule has 13 heavy (non-hydrogen) atoms. The summed E-state index contributed by atoms with van der Waals surface area (Å²) in [6.45, 7) is 3.96. The molecule has 0 aliphatic carbocycles. The Kier molecular flexibility index (Phi) is 3.95. The number of rotatable bonds is 3. The van der Waals surface area contributed by atoms with Crippen molar-refractivity contribution < 1.29 is 14.3 Å². The lowest BCUT2D eigenvalue weighted by atomic mass is 10.5. The first-order valence-electron chi connectivity index (χ1n) is 4.28. The first-order chi connectivity index (χ1) is 6.33. The van der Waals surface area contributed by atoms with E-state index in [0.717, 1.165) is 0 Å². The zero-order valence-electron chi connectivity index (χ0n) is 7.63. The van der Waals surface area contributed by atoms with E-state index in [9.17, 15) is 4.79 Å². The summed E-state index contributed by atoms with van der Waals surface area (Å²) >= 11 is 0. The van der Waals surface area contributed by atoms with Crippen molar-refractivity contribution in [2.45, 2.75) is 6.92 Å². The van der Waals surface area contributed by atoms with Crippen molar-refractivity contribution in [3.8, 4) is 0 Å². The zero-order valence-corrected chi connectivity index (χ0v) is 7.63. The highest BCUT2D eigenvalue weighted by atomic mass is 16.6. The molecule has 0 aromatic carbocycles. The Hall–Kier alpha value is -1.39. The molecule has 2 N–H and O–H groups in total. The summed E-state index contributed by atoms with van der Waals surface area (Å²) in [6, 6.07) is -0.197. The number of carbonyl (C=O) groups is 1. The van der Waals surface area contributed by atoms with Crippen molar-refractivity contribution in [2.24, 2.45) is 0 Å². The molecule has 2 amide bonds. The lowest BCUT2D eigenvalue weighted by molar-refractivity contribution is 0.0817. The molecule has 0 aromatic heterocycles. The Balaban J connectivity index is 2.17. The second-order valence-electron chi connectivity index (χ2n) is 2.52. The molecular formula is C8H14N2O3. The molecule has 0 spiro atoms. The van der Waals surface area contributed by atoms with Gasteiger partial charge in [0.15, 0.2) is 0 Å². The third-order valence-electron chi connectivity index (χ3n) is 1.46. The fourth-order valence-electron chi connectivity index (χ4n) is 0.890. The molecule has 1 rings (SSSR count). The molecule has 5 nitrogen and oxygen atoms in total. The lowest BCUT2D eigenvalue weighted by Gasteiger charge is -2.15. The highest BCUT2D eigenvalue weighted by Gasteiger charge is 2.06. The quantitative estimate of drug-likeness (QED) is 0.661. The minimum atomic E-state index is -0.197. The van der Waals surface area contributed by atoms with E-state index in [2.05, 4.69) is 10.6 Å². The van der Waals surface area contributed by atoms with E-state index in [1.807, 2.05) is 6.92 Å². The van der Waals surface area contributed by atoms with Crippen LogP contribution in [0.25, 0.3) is 0 Å². The van der Waals surface area contributed by atoms with Gasteiger partial charge in [-0.3, -0.25) is 0 Å². The van der Waals surface area contributed by atoms with E-state index in [4.69, 9.17) is 9.47 Å². The van der Waals surface area contributed by atoms with Gasteiger partial charge in [-0.2, -0.15) is 0 Å². The Morgan fingerprint density at radius 2 is 2.38 bits per heavy atom. The van der Waals surface area contributed by atoms with Crippen LogP contribution < -0.4 is 10.6 Å². The molecule has 1 heterocycles. The maximum absolute atomic E-state index is 10.9. The van der Waals surface area contributed by atoms with Gasteiger partial charge < -0.3 is 20.1 Å². The average Bonchev–Trinajstić information content (AvgIpc) is 2.17. The van der Waals surface area contributed by atoms with Gasteiger partial charge in [0.25, 0.3) is 0 Å². The monoisotopic (exact) mass is 186 g/mol. The molecule has 5 heteroatoms. The number of ether oxygens (including phenoxy) is 2. The zero-order chi connectivity index (χ0) is 9.52. The Bertz CT molecular complexity index is 204. The summed E-state index contributed by atoms with van der Waals surface area (Å²) in [5, 5.41) is 5.24. The second kappa shape index (κ2) is 5.29. The summed E-state index contributed by atoms with van der Waals surface area (Å²) < 4.78 is 10.2. The van der Waals surface area contributed by atoms with Crippen molar-refractivity contribution in [1.82, 2.24) is 10.6 Å². The summed E-state index contributed by atoms with van der Waals surface area (Å²) in [4.78, 5) is 10.9. The van der Waals surface area contributed by atoms with Crippen LogP contribution in [0.1, 0.15) is 6.92 Å². The first kappa shape index (κ1) is 9.70. The molecule has 74 valence electrons. The maximum atomic E-state index is 10.9. The maximum Gasteiger partial charge on any atom is 0.315 e. The number of hydrogen-bond acceptors (Lipinski definition) is 3. The van der Waals surface area contributed by atoms with E-state index in [1.54, 1.807) is 0 Å². The van der Waals surface area contributed by atoms with Gasteiger partial charge in [0, 0.05) is 6.54 Å². The van der Waals surface area contributed by atoms with Crippen LogP contribution in [0.5, 0.6) is 0 Å². The van der Waals surface area contributed by atoms with Gasteiger partial charge in [-0.15, -0.1) is 0 Å². The van der Waals surface area contributed by atoms with Crippen LogP contribution in [0.2, 0.25) is 0 Å². The van der Waals surface area contributed by atoms with E-state index in [0.29, 0.717) is 32.1 Å². The molecule has 1 aliphatic heterocycles. The molecule has 0 aromatic rings. The van der Waals surface area contributed by atoms with Crippen LogP contribution >= 0.6 is 0 Å². The predicted octanol–water partition coefficient (Wildman–Crippen LogP) is 0.194. The third-order valence-corrected chi connectivity index (χ3v) is 1.46. The fourth-order valence-corrected chi connectivity index (χ4v) is 0.890. The van der Waals surface area contributed by atoms with Crippen LogP contribution in [0.3, 0.4) is 0 Å². The summed E-state index contributed by atoms with van der Waals surface area (Å²) in [6.07, 6.45) is 1.52. The van der Waals surface area contributed by atoms with Crippen molar-refractivity contribution in [3.05, 3.63) is 12.0 Å². The Labute approximate surface area is 77.1 Å². The molecule has 1 aliphatic rings. The highest BCUT2D eigenvalue weighted by molar-refractivity contribution is 5.73. The number of amides is 2. The summed E-state index contributed by atoms with van der Waals surface area (Å²) in [5.41, 5.74) is 0. The van der Waals surface area contributed by atoms with Gasteiger partial charge in [-0.1, -0.05) is 0 Å². The molecule has 0 fully saturated rings. The van der Waals surface area contributed by atoms with Crippen LogP contribution in [-0.2, 0) is 9.47 Å². The number of hydrogen-bond donors (Lipinski definition) is 2. The molecule has 0 saturated heterocycles. The lowest BCUT2D eigenvalue weighted by Crippen LogP contribution is -2.37. The normalized spacial score (nSPS) is 15.0. The minimum Gasteiger partial charge on any atom is -0.494 e.